The van der Waals surface area contributed by atoms with Crippen molar-refractivity contribution in [2.45, 2.75) is 31.1 Å². The molecule has 0 spiro atoms. The number of thioether (sulfide) groups is 1. The first-order valence-electron chi connectivity index (χ1n) is 6.40. The molecule has 0 saturated heterocycles. The van der Waals surface area contributed by atoms with E-state index in [-0.39, 0.29) is 11.2 Å². The second-order valence-electron chi connectivity index (χ2n) is 4.24. The predicted octanol–water partition coefficient (Wildman–Crippen LogP) is 2.11. The molecule has 7 heteroatoms. The summed E-state index contributed by atoms with van der Waals surface area (Å²) in [5.41, 5.74) is 1.00. The normalized spacial score (nSPS) is 13.2. The summed E-state index contributed by atoms with van der Waals surface area (Å²) in [6.07, 6.45) is 2.31. The van der Waals surface area contributed by atoms with Gasteiger partial charge in [-0.1, -0.05) is 6.92 Å². The maximum absolute atomic E-state index is 11.5. The third kappa shape index (κ3) is 3.98. The summed E-state index contributed by atoms with van der Waals surface area (Å²) in [6, 6.07) is 0. The number of hydrogen-bond donors (Lipinski definition) is 2. The molecule has 2 N–H and O–H groups in total. The van der Waals surface area contributed by atoms with Crippen molar-refractivity contribution in [2.75, 3.05) is 24.2 Å². The lowest BCUT2D eigenvalue weighted by atomic mass is 10.3. The molecular formula is C12H17ClN4OS. The van der Waals surface area contributed by atoms with E-state index in [1.165, 1.54) is 0 Å². The standard InChI is InChI=1S/C12H17ClN4OS/c1-2-5-14-9(18)3-6-15-11-10-8(4-7-19-10)16-12(13)17-11/h2-7H2,1H3,(H,14,18)(H,15,16,17). The van der Waals surface area contributed by atoms with Crippen molar-refractivity contribution >= 4 is 35.1 Å². The van der Waals surface area contributed by atoms with Crippen LogP contribution in [0.15, 0.2) is 4.90 Å². The Hall–Kier alpha value is -1.01. The number of amides is 1. The Labute approximate surface area is 121 Å². The lowest BCUT2D eigenvalue weighted by Gasteiger charge is -2.09. The van der Waals surface area contributed by atoms with Gasteiger partial charge >= 0.3 is 0 Å². The first-order valence-corrected chi connectivity index (χ1v) is 7.77. The number of aryl methyl sites for hydroxylation is 1. The smallest absolute Gasteiger partial charge is 0.224 e. The Morgan fingerprint density at radius 2 is 2.26 bits per heavy atom. The lowest BCUT2D eigenvalue weighted by molar-refractivity contribution is -0.120. The maximum atomic E-state index is 11.5. The topological polar surface area (TPSA) is 66.9 Å². The Bertz CT molecular complexity index is 469. The molecule has 0 unspecified atom stereocenters. The van der Waals surface area contributed by atoms with Gasteiger partial charge in [-0.2, -0.15) is 4.98 Å². The summed E-state index contributed by atoms with van der Waals surface area (Å²) < 4.78 is 0. The molecule has 2 heterocycles. The molecule has 0 aliphatic carbocycles. The van der Waals surface area contributed by atoms with Crippen LogP contribution in [-0.2, 0) is 11.2 Å². The summed E-state index contributed by atoms with van der Waals surface area (Å²) in [5.74, 6) is 1.82. The first-order chi connectivity index (χ1) is 9.20. The summed E-state index contributed by atoms with van der Waals surface area (Å²) in [4.78, 5) is 21.0. The summed E-state index contributed by atoms with van der Waals surface area (Å²) in [7, 11) is 0. The number of anilines is 1. The number of nitrogens with one attached hydrogen (secondary N) is 2. The van der Waals surface area contributed by atoms with Gasteiger partial charge in [0, 0.05) is 31.7 Å². The highest BCUT2D eigenvalue weighted by Crippen LogP contribution is 2.35. The van der Waals surface area contributed by atoms with E-state index in [0.29, 0.717) is 13.0 Å². The minimum atomic E-state index is 0.0544. The quantitative estimate of drug-likeness (QED) is 0.788. The fourth-order valence-corrected chi connectivity index (χ4v) is 3.06. The van der Waals surface area contributed by atoms with Crippen LogP contribution in [0.1, 0.15) is 25.5 Å². The van der Waals surface area contributed by atoms with Crippen LogP contribution in [0, 0.1) is 0 Å². The van der Waals surface area contributed by atoms with E-state index in [4.69, 9.17) is 11.6 Å². The van der Waals surface area contributed by atoms with Crippen molar-refractivity contribution in [1.82, 2.24) is 15.3 Å². The molecule has 2 rings (SSSR count). The van der Waals surface area contributed by atoms with Crippen LogP contribution in [-0.4, -0.2) is 34.7 Å². The van der Waals surface area contributed by atoms with Gasteiger partial charge in [-0.15, -0.1) is 11.8 Å². The zero-order valence-corrected chi connectivity index (χ0v) is 12.4. The fraction of sp³-hybridized carbons (Fsp3) is 0.583. The molecular weight excluding hydrogens is 284 g/mol. The van der Waals surface area contributed by atoms with Crippen LogP contribution in [0.2, 0.25) is 5.28 Å². The molecule has 5 nitrogen and oxygen atoms in total. The van der Waals surface area contributed by atoms with Crippen LogP contribution in [0.3, 0.4) is 0 Å². The van der Waals surface area contributed by atoms with Gasteiger partial charge in [0.15, 0.2) is 0 Å². The average Bonchev–Trinajstić information content (AvgIpc) is 2.84. The molecule has 0 radical (unpaired) electrons. The minimum Gasteiger partial charge on any atom is -0.368 e. The number of carbonyl (C=O) groups excluding carboxylic acids is 1. The molecule has 0 aromatic carbocycles. The SMILES string of the molecule is CCCNC(=O)CCNc1nc(Cl)nc2c1SCC2. The molecule has 1 aromatic heterocycles. The van der Waals surface area contributed by atoms with Crippen LogP contribution in [0.5, 0.6) is 0 Å². The van der Waals surface area contributed by atoms with E-state index in [1.54, 1.807) is 11.8 Å². The van der Waals surface area contributed by atoms with Gasteiger partial charge < -0.3 is 10.6 Å². The Kier molecular flexibility index (Phi) is 5.27. The van der Waals surface area contributed by atoms with Crippen molar-refractivity contribution in [1.29, 1.82) is 0 Å². The van der Waals surface area contributed by atoms with Crippen LogP contribution in [0.25, 0.3) is 0 Å². The maximum Gasteiger partial charge on any atom is 0.224 e. The van der Waals surface area contributed by atoms with Crippen molar-refractivity contribution < 1.29 is 4.79 Å². The lowest BCUT2D eigenvalue weighted by Crippen LogP contribution is -2.26. The van der Waals surface area contributed by atoms with Crippen molar-refractivity contribution in [3.63, 3.8) is 0 Å². The van der Waals surface area contributed by atoms with E-state index >= 15 is 0 Å². The highest BCUT2D eigenvalue weighted by atomic mass is 35.5. The zero-order valence-electron chi connectivity index (χ0n) is 10.8. The van der Waals surface area contributed by atoms with Crippen LogP contribution in [0.4, 0.5) is 5.82 Å². The zero-order chi connectivity index (χ0) is 13.7. The number of aromatic nitrogens is 2. The summed E-state index contributed by atoms with van der Waals surface area (Å²) >= 11 is 7.62. The average molecular weight is 301 g/mol. The first kappa shape index (κ1) is 14.4. The molecule has 19 heavy (non-hydrogen) atoms. The number of hydrogen-bond acceptors (Lipinski definition) is 5. The van der Waals surface area contributed by atoms with Crippen molar-refractivity contribution in [3.8, 4) is 0 Å². The predicted molar refractivity (Wildman–Crippen MR) is 77.9 cm³/mol. The molecule has 0 atom stereocenters. The van der Waals surface area contributed by atoms with Crippen molar-refractivity contribution in [3.05, 3.63) is 11.0 Å². The number of fused-ring (bicyclic) bond motifs is 1. The van der Waals surface area contributed by atoms with Gasteiger partial charge in [-0.25, -0.2) is 4.98 Å². The van der Waals surface area contributed by atoms with Crippen LogP contribution >= 0.6 is 23.4 Å². The second kappa shape index (κ2) is 6.96. The van der Waals surface area contributed by atoms with Gasteiger partial charge in [0.2, 0.25) is 11.2 Å². The van der Waals surface area contributed by atoms with E-state index in [2.05, 4.69) is 20.6 Å². The molecule has 1 amide bonds. The van der Waals surface area contributed by atoms with Gasteiger partial charge in [0.05, 0.1) is 10.6 Å². The number of nitrogens with zero attached hydrogens (tertiary/aromatic N) is 2. The van der Waals surface area contributed by atoms with Crippen LogP contribution < -0.4 is 10.6 Å². The van der Waals surface area contributed by atoms with Crippen molar-refractivity contribution in [2.24, 2.45) is 0 Å². The van der Waals surface area contributed by atoms with Gasteiger partial charge in [-0.3, -0.25) is 4.79 Å². The highest BCUT2D eigenvalue weighted by molar-refractivity contribution is 7.99. The molecule has 0 bridgehead atoms. The Morgan fingerprint density at radius 3 is 3.05 bits per heavy atom. The number of halogens is 1. The summed E-state index contributed by atoms with van der Waals surface area (Å²) in [6.45, 7) is 3.31. The van der Waals surface area contributed by atoms with E-state index in [1.807, 2.05) is 6.92 Å². The molecule has 1 aliphatic rings. The molecule has 0 fully saturated rings. The molecule has 1 aromatic rings. The van der Waals surface area contributed by atoms with Gasteiger partial charge in [0.1, 0.15) is 5.82 Å². The minimum absolute atomic E-state index is 0.0544. The number of rotatable bonds is 6. The van der Waals surface area contributed by atoms with Gasteiger partial charge in [-0.05, 0) is 18.0 Å². The van der Waals surface area contributed by atoms with E-state index in [0.717, 1.165) is 41.5 Å². The second-order valence-corrected chi connectivity index (χ2v) is 5.69. The third-order valence-electron chi connectivity index (χ3n) is 2.71. The third-order valence-corrected chi connectivity index (χ3v) is 4.01. The summed E-state index contributed by atoms with van der Waals surface area (Å²) in [5, 5.41) is 6.28. The molecule has 0 saturated carbocycles. The Balaban J connectivity index is 1.88. The highest BCUT2D eigenvalue weighted by Gasteiger charge is 2.19. The molecule has 1 aliphatic heterocycles. The largest absolute Gasteiger partial charge is 0.368 e. The fourth-order valence-electron chi connectivity index (χ4n) is 1.80. The van der Waals surface area contributed by atoms with Gasteiger partial charge in [0.25, 0.3) is 0 Å². The monoisotopic (exact) mass is 300 g/mol. The Morgan fingerprint density at radius 1 is 1.42 bits per heavy atom. The van der Waals surface area contributed by atoms with E-state index in [9.17, 15) is 4.79 Å². The molecule has 104 valence electrons. The number of carbonyl (C=O) groups is 1. The van der Waals surface area contributed by atoms with E-state index < -0.39 is 0 Å².